The Kier molecular flexibility index (Phi) is 5.43. The van der Waals surface area contributed by atoms with Gasteiger partial charge in [0.05, 0.1) is 5.69 Å². The summed E-state index contributed by atoms with van der Waals surface area (Å²) < 4.78 is 1.52. The summed E-state index contributed by atoms with van der Waals surface area (Å²) in [6.07, 6.45) is 0. The normalized spacial score (nSPS) is 10.7. The van der Waals surface area contributed by atoms with Gasteiger partial charge in [-0.15, -0.1) is 5.10 Å². The molecule has 0 saturated carbocycles. The Hall–Kier alpha value is -1.87. The van der Waals surface area contributed by atoms with Crippen molar-refractivity contribution in [3.8, 4) is 0 Å². The summed E-state index contributed by atoms with van der Waals surface area (Å²) in [6.45, 7) is 0. The number of carbonyl (C=O) groups excluding carboxylic acids is 1. The van der Waals surface area contributed by atoms with E-state index in [1.54, 1.807) is 25.2 Å². The molecule has 11 heteroatoms. The maximum absolute atomic E-state index is 12.5. The summed E-state index contributed by atoms with van der Waals surface area (Å²) in [5.41, 5.74) is 0.788. The van der Waals surface area contributed by atoms with Crippen LogP contribution in [0.1, 0.15) is 10.4 Å². The van der Waals surface area contributed by atoms with E-state index in [1.807, 2.05) is 0 Å². The molecule has 2 heterocycles. The second-order valence-electron chi connectivity index (χ2n) is 4.78. The van der Waals surface area contributed by atoms with Gasteiger partial charge in [0.15, 0.2) is 0 Å². The molecule has 3 rings (SSSR count). The van der Waals surface area contributed by atoms with Gasteiger partial charge in [-0.1, -0.05) is 34.8 Å². The second kappa shape index (κ2) is 7.57. The van der Waals surface area contributed by atoms with Crippen LogP contribution in [0.2, 0.25) is 15.3 Å². The molecule has 3 aromatic rings. The van der Waals surface area contributed by atoms with Crippen molar-refractivity contribution < 1.29 is 4.79 Å². The standard InChI is InChI=1S/C14H9Cl3N6OS/c1-23-14(20-21-22-23)25-10-3-2-8(15)6-9(10)18-13(24)7-4-11(16)19-12(17)5-7/h2-6H,1H3,(H,18,24). The highest BCUT2D eigenvalue weighted by Crippen LogP contribution is 2.34. The monoisotopic (exact) mass is 414 g/mol. The Bertz CT molecular complexity index is 928. The number of carbonyl (C=O) groups is 1. The summed E-state index contributed by atoms with van der Waals surface area (Å²) in [4.78, 5) is 17.0. The minimum atomic E-state index is -0.397. The van der Waals surface area contributed by atoms with Crippen molar-refractivity contribution in [1.29, 1.82) is 0 Å². The van der Waals surface area contributed by atoms with E-state index in [4.69, 9.17) is 34.8 Å². The molecule has 1 N–H and O–H groups in total. The smallest absolute Gasteiger partial charge is 0.255 e. The highest BCUT2D eigenvalue weighted by atomic mass is 35.5. The Morgan fingerprint density at radius 1 is 1.16 bits per heavy atom. The fourth-order valence-corrected chi connectivity index (χ4v) is 3.32. The fourth-order valence-electron chi connectivity index (χ4n) is 1.89. The zero-order chi connectivity index (χ0) is 18.0. The molecule has 25 heavy (non-hydrogen) atoms. The van der Waals surface area contributed by atoms with E-state index < -0.39 is 5.91 Å². The van der Waals surface area contributed by atoms with Crippen molar-refractivity contribution in [2.24, 2.45) is 7.05 Å². The molecule has 1 aromatic carbocycles. The lowest BCUT2D eigenvalue weighted by molar-refractivity contribution is 0.102. The van der Waals surface area contributed by atoms with E-state index in [-0.39, 0.29) is 15.9 Å². The van der Waals surface area contributed by atoms with Gasteiger partial charge >= 0.3 is 0 Å². The lowest BCUT2D eigenvalue weighted by Crippen LogP contribution is -2.13. The van der Waals surface area contributed by atoms with E-state index in [0.29, 0.717) is 15.9 Å². The first-order chi connectivity index (χ1) is 11.9. The van der Waals surface area contributed by atoms with Crippen LogP contribution in [0.3, 0.4) is 0 Å². The number of amides is 1. The van der Waals surface area contributed by atoms with Gasteiger partial charge in [0.25, 0.3) is 5.91 Å². The third-order valence-corrected chi connectivity index (χ3v) is 4.72. The second-order valence-corrected chi connectivity index (χ2v) is 7.00. The number of anilines is 1. The zero-order valence-corrected chi connectivity index (χ0v) is 15.7. The van der Waals surface area contributed by atoms with Gasteiger partial charge in [-0.05, 0) is 52.5 Å². The van der Waals surface area contributed by atoms with Crippen molar-refractivity contribution in [2.75, 3.05) is 5.32 Å². The molecular weight excluding hydrogens is 407 g/mol. The van der Waals surface area contributed by atoms with Crippen LogP contribution in [0.15, 0.2) is 40.4 Å². The van der Waals surface area contributed by atoms with Gasteiger partial charge in [0.2, 0.25) is 5.16 Å². The van der Waals surface area contributed by atoms with Crippen LogP contribution in [-0.2, 0) is 7.05 Å². The lowest BCUT2D eigenvalue weighted by atomic mass is 10.2. The zero-order valence-electron chi connectivity index (χ0n) is 12.6. The van der Waals surface area contributed by atoms with Crippen LogP contribution in [-0.4, -0.2) is 31.1 Å². The molecule has 0 unspecified atom stereocenters. The molecule has 0 fully saturated rings. The maximum Gasteiger partial charge on any atom is 0.255 e. The summed E-state index contributed by atoms with van der Waals surface area (Å²) in [5.74, 6) is -0.397. The molecule has 1 amide bonds. The Labute approximate surface area is 161 Å². The predicted octanol–water partition coefficient (Wildman–Crippen LogP) is 3.97. The third-order valence-electron chi connectivity index (χ3n) is 3.00. The van der Waals surface area contributed by atoms with Crippen LogP contribution in [0.4, 0.5) is 5.69 Å². The van der Waals surface area contributed by atoms with E-state index in [9.17, 15) is 4.79 Å². The minimum Gasteiger partial charge on any atom is -0.321 e. The van der Waals surface area contributed by atoms with Crippen molar-refractivity contribution in [3.05, 3.63) is 51.2 Å². The first-order valence-electron chi connectivity index (χ1n) is 6.76. The molecule has 0 aliphatic carbocycles. The number of nitrogens with zero attached hydrogens (tertiary/aromatic N) is 5. The summed E-state index contributed by atoms with van der Waals surface area (Å²) >= 11 is 19.0. The van der Waals surface area contributed by atoms with Crippen molar-refractivity contribution in [2.45, 2.75) is 10.1 Å². The van der Waals surface area contributed by atoms with Gasteiger partial charge < -0.3 is 5.32 Å². The summed E-state index contributed by atoms with van der Waals surface area (Å²) in [6, 6.07) is 7.96. The Morgan fingerprint density at radius 2 is 1.88 bits per heavy atom. The summed E-state index contributed by atoms with van der Waals surface area (Å²) in [7, 11) is 1.72. The van der Waals surface area contributed by atoms with E-state index in [2.05, 4.69) is 25.8 Å². The molecule has 0 saturated heterocycles. The van der Waals surface area contributed by atoms with Crippen molar-refractivity contribution >= 4 is 58.2 Å². The molecule has 0 atom stereocenters. The van der Waals surface area contributed by atoms with Gasteiger partial charge in [-0.2, -0.15) is 0 Å². The number of rotatable bonds is 4. The van der Waals surface area contributed by atoms with Crippen molar-refractivity contribution in [1.82, 2.24) is 25.2 Å². The van der Waals surface area contributed by atoms with Crippen LogP contribution < -0.4 is 5.32 Å². The number of hydrogen-bond acceptors (Lipinski definition) is 6. The molecule has 0 radical (unpaired) electrons. The largest absolute Gasteiger partial charge is 0.321 e. The third kappa shape index (κ3) is 4.40. The number of benzene rings is 1. The quantitative estimate of drug-likeness (QED) is 0.649. The number of halogens is 3. The van der Waals surface area contributed by atoms with Gasteiger partial charge in [-0.3, -0.25) is 4.79 Å². The average molecular weight is 416 g/mol. The predicted molar refractivity (Wildman–Crippen MR) is 96.6 cm³/mol. The van der Waals surface area contributed by atoms with Gasteiger partial charge in [0.1, 0.15) is 10.3 Å². The molecule has 0 aliphatic heterocycles. The molecule has 128 valence electrons. The highest BCUT2D eigenvalue weighted by Gasteiger charge is 2.14. The molecular formula is C14H9Cl3N6OS. The number of hydrogen-bond donors (Lipinski definition) is 1. The van der Waals surface area contributed by atoms with Gasteiger partial charge in [0, 0.05) is 22.5 Å². The van der Waals surface area contributed by atoms with Crippen LogP contribution in [0, 0.1) is 0 Å². The summed E-state index contributed by atoms with van der Waals surface area (Å²) in [5, 5.41) is 15.3. The Balaban J connectivity index is 1.89. The topological polar surface area (TPSA) is 85.6 Å². The lowest BCUT2D eigenvalue weighted by Gasteiger charge is -2.11. The van der Waals surface area contributed by atoms with Crippen LogP contribution >= 0.6 is 46.6 Å². The van der Waals surface area contributed by atoms with E-state index >= 15 is 0 Å². The maximum atomic E-state index is 12.5. The molecule has 7 nitrogen and oxygen atoms in total. The number of aromatic nitrogens is 5. The van der Waals surface area contributed by atoms with Gasteiger partial charge in [-0.25, -0.2) is 9.67 Å². The molecule has 0 aliphatic rings. The number of aryl methyl sites for hydroxylation is 1. The fraction of sp³-hybridized carbons (Fsp3) is 0.0714. The SMILES string of the molecule is Cn1nnnc1Sc1ccc(Cl)cc1NC(=O)c1cc(Cl)nc(Cl)c1. The minimum absolute atomic E-state index is 0.128. The highest BCUT2D eigenvalue weighted by molar-refractivity contribution is 7.99. The van der Waals surface area contributed by atoms with Crippen LogP contribution in [0.5, 0.6) is 0 Å². The van der Waals surface area contributed by atoms with Crippen LogP contribution in [0.25, 0.3) is 0 Å². The average Bonchev–Trinajstić information content (AvgIpc) is 2.94. The number of nitrogens with one attached hydrogen (secondary N) is 1. The molecule has 2 aromatic heterocycles. The Morgan fingerprint density at radius 3 is 2.52 bits per heavy atom. The molecule has 0 bridgehead atoms. The first kappa shape index (κ1) is 17.9. The van der Waals surface area contributed by atoms with E-state index in [0.717, 1.165) is 4.90 Å². The number of pyridine rings is 1. The first-order valence-corrected chi connectivity index (χ1v) is 8.71. The molecule has 0 spiro atoms. The van der Waals surface area contributed by atoms with Crippen molar-refractivity contribution in [3.63, 3.8) is 0 Å². The number of tetrazole rings is 1. The van der Waals surface area contributed by atoms with E-state index in [1.165, 1.54) is 28.6 Å².